The van der Waals surface area contributed by atoms with E-state index in [1.54, 1.807) is 4.90 Å². The van der Waals surface area contributed by atoms with E-state index in [1.807, 2.05) is 0 Å². The van der Waals surface area contributed by atoms with E-state index in [0.29, 0.717) is 19.6 Å². The van der Waals surface area contributed by atoms with Crippen LogP contribution in [0.3, 0.4) is 0 Å². The van der Waals surface area contributed by atoms with Crippen molar-refractivity contribution in [1.29, 1.82) is 0 Å². The van der Waals surface area contributed by atoms with Gasteiger partial charge in [-0.1, -0.05) is 17.7 Å². The number of carbonyl (C=O) groups is 1. The summed E-state index contributed by atoms with van der Waals surface area (Å²) in [6.07, 6.45) is 0.823. The predicted molar refractivity (Wildman–Crippen MR) is 78.7 cm³/mol. The van der Waals surface area contributed by atoms with Gasteiger partial charge in [0.05, 0.1) is 9.95 Å². The maximum atomic E-state index is 12.4. The molecule has 0 spiro atoms. The molecule has 1 amide bonds. The number of carbonyl (C=O) groups excluding carboxylic acids is 1. The van der Waals surface area contributed by atoms with Crippen LogP contribution in [0.4, 0.5) is 5.69 Å². The lowest BCUT2D eigenvalue weighted by atomic mass is 10.1. The summed E-state index contributed by atoms with van der Waals surface area (Å²) in [5.74, 6) is -0.374. The van der Waals surface area contributed by atoms with Crippen LogP contribution in [-0.2, 0) is 0 Å². The average molecular weight is 320 g/mol. The Labute approximate surface area is 127 Å². The van der Waals surface area contributed by atoms with Crippen LogP contribution >= 0.6 is 24.0 Å². The first-order valence-electron chi connectivity index (χ1n) is 6.04. The minimum absolute atomic E-state index is 0. The molecule has 0 unspecified atom stereocenters. The highest BCUT2D eigenvalue weighted by molar-refractivity contribution is 6.34. The number of amides is 1. The standard InChI is InChI=1S/C12H14ClN3O3.ClH/c13-9-3-1-4-10(16(18)19)11(9)12(17)15-7-2-5-14-6-8-15;/h1,3-4,14H,2,5-8H2;1H. The number of hydrogen-bond donors (Lipinski definition) is 1. The van der Waals surface area contributed by atoms with Crippen molar-refractivity contribution in [1.82, 2.24) is 10.2 Å². The summed E-state index contributed by atoms with van der Waals surface area (Å²) >= 11 is 5.96. The lowest BCUT2D eigenvalue weighted by molar-refractivity contribution is -0.385. The van der Waals surface area contributed by atoms with Crippen molar-refractivity contribution in [3.05, 3.63) is 38.9 Å². The number of nitro benzene ring substituents is 1. The molecule has 6 nitrogen and oxygen atoms in total. The van der Waals surface area contributed by atoms with Crippen LogP contribution in [0.2, 0.25) is 5.02 Å². The molecule has 0 atom stereocenters. The zero-order chi connectivity index (χ0) is 13.8. The molecule has 0 aromatic heterocycles. The molecule has 1 aliphatic heterocycles. The Hall–Kier alpha value is -1.37. The van der Waals surface area contributed by atoms with Crippen molar-refractivity contribution in [3.63, 3.8) is 0 Å². The van der Waals surface area contributed by atoms with Crippen LogP contribution in [0.25, 0.3) is 0 Å². The van der Waals surface area contributed by atoms with Gasteiger partial charge in [0.2, 0.25) is 0 Å². The van der Waals surface area contributed by atoms with Crippen molar-refractivity contribution in [3.8, 4) is 0 Å². The monoisotopic (exact) mass is 319 g/mol. The van der Waals surface area contributed by atoms with Crippen LogP contribution in [0.15, 0.2) is 18.2 Å². The summed E-state index contributed by atoms with van der Waals surface area (Å²) < 4.78 is 0. The van der Waals surface area contributed by atoms with Gasteiger partial charge in [0.25, 0.3) is 11.6 Å². The maximum absolute atomic E-state index is 12.4. The quantitative estimate of drug-likeness (QED) is 0.669. The van der Waals surface area contributed by atoms with Gasteiger partial charge in [-0.25, -0.2) is 0 Å². The topological polar surface area (TPSA) is 75.5 Å². The molecular weight excluding hydrogens is 305 g/mol. The molecule has 0 radical (unpaired) electrons. The lowest BCUT2D eigenvalue weighted by Gasteiger charge is -2.20. The van der Waals surface area contributed by atoms with E-state index < -0.39 is 4.92 Å². The van der Waals surface area contributed by atoms with E-state index in [9.17, 15) is 14.9 Å². The predicted octanol–water partition coefficient (Wildman–Crippen LogP) is 2.11. The highest BCUT2D eigenvalue weighted by Gasteiger charge is 2.27. The van der Waals surface area contributed by atoms with Crippen LogP contribution in [0.1, 0.15) is 16.8 Å². The molecule has 0 bridgehead atoms. The second-order valence-electron chi connectivity index (χ2n) is 4.29. The number of nitrogens with zero attached hydrogens (tertiary/aromatic N) is 2. The molecular formula is C12H15Cl2N3O3. The highest BCUT2D eigenvalue weighted by Crippen LogP contribution is 2.27. The molecule has 8 heteroatoms. The summed E-state index contributed by atoms with van der Waals surface area (Å²) in [6, 6.07) is 4.27. The van der Waals surface area contributed by atoms with Crippen molar-refractivity contribution in [2.75, 3.05) is 26.2 Å². The van der Waals surface area contributed by atoms with Crippen molar-refractivity contribution < 1.29 is 9.72 Å². The van der Waals surface area contributed by atoms with Gasteiger partial charge in [0.1, 0.15) is 5.56 Å². The second kappa shape index (κ2) is 7.42. The summed E-state index contributed by atoms with van der Waals surface area (Å²) in [5, 5.41) is 14.3. The third-order valence-electron chi connectivity index (χ3n) is 3.03. The number of rotatable bonds is 2. The van der Waals surface area contributed by atoms with Crippen LogP contribution < -0.4 is 5.32 Å². The Balaban J connectivity index is 0.00000200. The zero-order valence-corrected chi connectivity index (χ0v) is 12.2. The Morgan fingerprint density at radius 3 is 2.80 bits per heavy atom. The van der Waals surface area contributed by atoms with E-state index >= 15 is 0 Å². The maximum Gasteiger partial charge on any atom is 0.283 e. The van der Waals surface area contributed by atoms with Gasteiger partial charge in [-0.3, -0.25) is 14.9 Å². The Bertz CT molecular complexity index is 503. The molecule has 20 heavy (non-hydrogen) atoms. The number of nitro groups is 1. The fourth-order valence-electron chi connectivity index (χ4n) is 2.08. The van der Waals surface area contributed by atoms with Gasteiger partial charge in [-0.2, -0.15) is 0 Å². The number of hydrogen-bond acceptors (Lipinski definition) is 4. The van der Waals surface area contributed by atoms with E-state index in [2.05, 4.69) is 5.32 Å². The zero-order valence-electron chi connectivity index (χ0n) is 10.7. The molecule has 1 aliphatic rings. The molecule has 110 valence electrons. The number of halogens is 2. The SMILES string of the molecule is Cl.O=C(c1c(Cl)cccc1[N+](=O)[O-])N1CCCNCC1. The molecule has 1 saturated heterocycles. The van der Waals surface area contributed by atoms with Gasteiger partial charge in [0, 0.05) is 25.7 Å². The van der Waals surface area contributed by atoms with Crippen molar-refractivity contribution >= 4 is 35.6 Å². The summed E-state index contributed by atoms with van der Waals surface area (Å²) in [7, 11) is 0. The van der Waals surface area contributed by atoms with Gasteiger partial charge in [-0.05, 0) is 19.0 Å². The minimum Gasteiger partial charge on any atom is -0.337 e. The van der Waals surface area contributed by atoms with Gasteiger partial charge in [0.15, 0.2) is 0 Å². The van der Waals surface area contributed by atoms with Crippen LogP contribution in [0, 0.1) is 10.1 Å². The van der Waals surface area contributed by atoms with E-state index in [-0.39, 0.29) is 34.6 Å². The van der Waals surface area contributed by atoms with E-state index in [1.165, 1.54) is 18.2 Å². The third-order valence-corrected chi connectivity index (χ3v) is 3.34. The smallest absolute Gasteiger partial charge is 0.283 e. The van der Waals surface area contributed by atoms with Gasteiger partial charge in [-0.15, -0.1) is 12.4 Å². The number of benzene rings is 1. The molecule has 1 fully saturated rings. The Morgan fingerprint density at radius 2 is 2.10 bits per heavy atom. The summed E-state index contributed by atoms with van der Waals surface area (Å²) in [4.78, 5) is 24.4. The van der Waals surface area contributed by atoms with E-state index in [4.69, 9.17) is 11.6 Å². The lowest BCUT2D eigenvalue weighted by Crippen LogP contribution is -2.34. The van der Waals surface area contributed by atoms with Crippen molar-refractivity contribution in [2.45, 2.75) is 6.42 Å². The molecule has 1 aromatic carbocycles. The molecule has 0 aliphatic carbocycles. The molecule has 2 rings (SSSR count). The van der Waals surface area contributed by atoms with E-state index in [0.717, 1.165) is 13.0 Å². The highest BCUT2D eigenvalue weighted by atomic mass is 35.5. The first-order valence-corrected chi connectivity index (χ1v) is 6.42. The first-order chi connectivity index (χ1) is 9.11. The Kier molecular flexibility index (Phi) is 6.19. The number of nitrogens with one attached hydrogen (secondary N) is 1. The third kappa shape index (κ3) is 3.59. The molecule has 1 aromatic rings. The second-order valence-corrected chi connectivity index (χ2v) is 4.69. The van der Waals surface area contributed by atoms with Crippen LogP contribution in [0.5, 0.6) is 0 Å². The van der Waals surface area contributed by atoms with Crippen LogP contribution in [-0.4, -0.2) is 41.9 Å². The summed E-state index contributed by atoms with van der Waals surface area (Å²) in [6.45, 7) is 2.63. The first kappa shape index (κ1) is 16.7. The van der Waals surface area contributed by atoms with Gasteiger partial charge >= 0.3 is 0 Å². The molecule has 1 N–H and O–H groups in total. The average Bonchev–Trinajstić information content (AvgIpc) is 2.66. The molecule has 0 saturated carbocycles. The fourth-order valence-corrected chi connectivity index (χ4v) is 2.33. The van der Waals surface area contributed by atoms with Gasteiger partial charge < -0.3 is 10.2 Å². The molecule has 1 heterocycles. The Morgan fingerprint density at radius 1 is 1.35 bits per heavy atom. The summed E-state index contributed by atoms with van der Waals surface area (Å²) in [5.41, 5.74) is -0.259. The largest absolute Gasteiger partial charge is 0.337 e. The van der Waals surface area contributed by atoms with Crippen molar-refractivity contribution in [2.24, 2.45) is 0 Å². The minimum atomic E-state index is -0.574. The normalized spacial score (nSPS) is 15.2. The fraction of sp³-hybridized carbons (Fsp3) is 0.417.